The average molecular weight is 1220 g/mol. The monoisotopic (exact) mass is 1220 g/mol. The van der Waals surface area contributed by atoms with Crippen LogP contribution in [-0.2, 0) is 31.3 Å². The molecular weight excluding hydrogens is 1140 g/mol. The van der Waals surface area contributed by atoms with Crippen LogP contribution in [0.5, 0.6) is 0 Å². The summed E-state index contributed by atoms with van der Waals surface area (Å²) < 4.78 is 16.1. The number of allylic oxidation sites excluding steroid dienone is 2. The molecule has 0 aliphatic carbocycles. The van der Waals surface area contributed by atoms with Crippen molar-refractivity contribution in [2.45, 2.75) is 122 Å². The largest absolute Gasteiger partial charge is 0.512 e. The molecule has 0 bridgehead atoms. The van der Waals surface area contributed by atoms with Gasteiger partial charge in [-0.05, 0) is 138 Å². The normalized spacial score (nSPS) is 11.6. The summed E-state index contributed by atoms with van der Waals surface area (Å²) in [7, 11) is 0. The Morgan fingerprint density at radius 1 is 0.675 bits per heavy atom. The van der Waals surface area contributed by atoms with E-state index in [4.69, 9.17) is 0 Å². The van der Waals surface area contributed by atoms with Crippen molar-refractivity contribution in [2.24, 2.45) is 17.3 Å². The number of hydrogen-bond donors (Lipinski definition) is 1. The average Bonchev–Trinajstić information content (AvgIpc) is 3.76. The van der Waals surface area contributed by atoms with Gasteiger partial charge in [0.25, 0.3) is 0 Å². The minimum Gasteiger partial charge on any atom is -0.512 e. The zero-order chi connectivity index (χ0) is 54.8. The molecular formula is C70H75FIrN2O2S-2. The third-order valence-corrected chi connectivity index (χ3v) is 15.6. The maximum Gasteiger partial charge on any atom is 0.162 e. The fourth-order valence-electron chi connectivity index (χ4n) is 10.3. The van der Waals surface area contributed by atoms with Crippen molar-refractivity contribution in [3.63, 3.8) is 0 Å². The first kappa shape index (κ1) is 59.9. The second-order valence-electron chi connectivity index (χ2n) is 21.6. The molecule has 4 nitrogen and oxygen atoms in total. The second kappa shape index (κ2) is 26.8. The molecule has 0 saturated heterocycles. The summed E-state index contributed by atoms with van der Waals surface area (Å²) in [5, 5.41) is 12.6. The van der Waals surface area contributed by atoms with Crippen LogP contribution in [0, 0.1) is 76.7 Å². The van der Waals surface area contributed by atoms with Gasteiger partial charge >= 0.3 is 0 Å². The molecule has 0 fully saturated rings. The quantitative estimate of drug-likeness (QED) is 0.0710. The van der Waals surface area contributed by atoms with Crippen molar-refractivity contribution in [2.75, 3.05) is 0 Å². The van der Waals surface area contributed by atoms with Crippen LogP contribution in [0.4, 0.5) is 4.39 Å². The third-order valence-electron chi connectivity index (χ3n) is 14.2. The van der Waals surface area contributed by atoms with E-state index in [1.165, 1.54) is 72.2 Å². The van der Waals surface area contributed by atoms with Crippen molar-refractivity contribution in [3.8, 4) is 55.2 Å². The van der Waals surface area contributed by atoms with E-state index in [0.29, 0.717) is 16.7 Å². The fraction of sp³-hybridized carbons (Fsp3) is 0.300. The Hall–Kier alpha value is -6.37. The van der Waals surface area contributed by atoms with Gasteiger partial charge in [0.1, 0.15) is 0 Å². The van der Waals surface area contributed by atoms with E-state index in [1.807, 2.05) is 64.2 Å². The zero-order valence-electron chi connectivity index (χ0n) is 47.3. The maximum atomic E-state index is 15.1. The maximum absolute atomic E-state index is 15.1. The number of thiophene rings is 1. The van der Waals surface area contributed by atoms with Crippen LogP contribution in [0.3, 0.4) is 0 Å². The van der Waals surface area contributed by atoms with E-state index in [9.17, 15) is 9.90 Å². The third kappa shape index (κ3) is 15.0. The van der Waals surface area contributed by atoms with Crippen molar-refractivity contribution < 1.29 is 34.4 Å². The minimum atomic E-state index is -0.288. The summed E-state index contributed by atoms with van der Waals surface area (Å²) in [6.07, 6.45) is 9.66. The van der Waals surface area contributed by atoms with Crippen LogP contribution in [0.2, 0.25) is 0 Å². The predicted octanol–water partition coefficient (Wildman–Crippen LogP) is 19.9. The van der Waals surface area contributed by atoms with E-state index < -0.39 is 0 Å². The van der Waals surface area contributed by atoms with Crippen LogP contribution in [0.15, 0.2) is 146 Å². The van der Waals surface area contributed by atoms with Gasteiger partial charge in [-0.3, -0.25) is 14.2 Å². The number of hydrogen-bond acceptors (Lipinski definition) is 5. The number of carbonyl (C=O) groups is 1. The number of fused-ring (bicyclic) bond motifs is 2. The van der Waals surface area contributed by atoms with E-state index in [2.05, 4.69) is 169 Å². The molecule has 0 amide bonds. The van der Waals surface area contributed by atoms with E-state index in [-0.39, 0.29) is 49.3 Å². The molecule has 1 radical (unpaired) electrons. The van der Waals surface area contributed by atoms with Crippen LogP contribution >= 0.6 is 11.3 Å². The van der Waals surface area contributed by atoms with Gasteiger partial charge < -0.3 is 10.1 Å². The number of aliphatic hydroxyl groups is 1. The molecule has 0 unspecified atom stereocenters. The number of nitrogens with zero attached hydrogens (tertiary/aromatic N) is 2. The number of pyridine rings is 2. The first-order valence-electron chi connectivity index (χ1n) is 27.0. The first-order valence-corrected chi connectivity index (χ1v) is 27.8. The van der Waals surface area contributed by atoms with E-state index in [1.54, 1.807) is 23.6 Å². The van der Waals surface area contributed by atoms with Gasteiger partial charge in [0.2, 0.25) is 0 Å². The minimum absolute atomic E-state index is 0. The number of aromatic nitrogens is 2. The molecule has 3 aromatic heterocycles. The summed E-state index contributed by atoms with van der Waals surface area (Å²) >= 11 is 1.70. The predicted molar refractivity (Wildman–Crippen MR) is 322 cm³/mol. The summed E-state index contributed by atoms with van der Waals surface area (Å²) in [6, 6.07) is 48.8. The number of aliphatic hydroxyl groups excluding tert-OH is 1. The van der Waals surface area contributed by atoms with Crippen molar-refractivity contribution >= 4 is 38.0 Å². The van der Waals surface area contributed by atoms with E-state index in [0.717, 1.165) is 69.8 Å². The van der Waals surface area contributed by atoms with Crippen molar-refractivity contribution in [1.82, 2.24) is 9.97 Å². The van der Waals surface area contributed by atoms with Gasteiger partial charge in [-0.15, -0.1) is 63.7 Å². The standard InChI is InChI=1S/C30H30N.C27H21FNS.C13H24O2.Ir/c1-21-16-22(2)18-28(17-21)29-19-27(14-15-31-29)26-12-10-25(11-13-26)24-8-6-23(7-9-24)20-30(3,4)5;1-15-11-16(2)24(17(3)12-15)26-18(4)21-9-10-29-25(27(21)30-26)22-13-19-7-5-6-8-20(19)14-23(22)28;1-5-10(6-2)12(14)9-13(15)11(7-3)8-4;/h6-17,19H,20H2,1-5H3;5-12,14H,1-4H3;9-11,14H,5-8H2,1-4H3;/q2*-1;;/b;;12-9-;. The molecule has 0 aliphatic heterocycles. The number of ketones is 1. The summed E-state index contributed by atoms with van der Waals surface area (Å²) in [5.41, 5.74) is 18.3. The molecule has 0 aliphatic rings. The number of rotatable bonds is 13. The summed E-state index contributed by atoms with van der Waals surface area (Å²) in [5.74, 6) is 0.259. The molecule has 77 heavy (non-hydrogen) atoms. The van der Waals surface area contributed by atoms with Gasteiger partial charge in [0, 0.05) is 65.7 Å². The number of carbonyl (C=O) groups excluding carboxylic acids is 1. The van der Waals surface area contributed by atoms with Crippen molar-refractivity contribution in [3.05, 3.63) is 202 Å². The Morgan fingerprint density at radius 3 is 1.84 bits per heavy atom. The number of aryl methyl sites for hydroxylation is 6. The molecule has 7 heteroatoms. The van der Waals surface area contributed by atoms with E-state index >= 15 is 4.39 Å². The number of halogens is 1. The topological polar surface area (TPSA) is 63.1 Å². The van der Waals surface area contributed by atoms with Crippen LogP contribution < -0.4 is 0 Å². The molecule has 1 N–H and O–H groups in total. The Balaban J connectivity index is 0.000000198. The van der Waals surface area contributed by atoms with Crippen molar-refractivity contribution in [1.29, 1.82) is 0 Å². The van der Waals surface area contributed by atoms with Gasteiger partial charge in [0.15, 0.2) is 5.78 Å². The van der Waals surface area contributed by atoms with Gasteiger partial charge in [-0.1, -0.05) is 170 Å². The number of benzene rings is 6. The van der Waals surface area contributed by atoms with Crippen LogP contribution in [0.25, 0.3) is 76.1 Å². The molecule has 3 heterocycles. The summed E-state index contributed by atoms with van der Waals surface area (Å²) in [6.45, 7) is 27.7. The molecule has 0 saturated carbocycles. The molecule has 9 rings (SSSR count). The second-order valence-corrected chi connectivity index (χ2v) is 22.7. The van der Waals surface area contributed by atoms with Gasteiger partial charge in [-0.2, -0.15) is 0 Å². The molecule has 6 aromatic carbocycles. The molecule has 0 atom stereocenters. The molecule has 401 valence electrons. The Kier molecular flexibility index (Phi) is 20.8. The first-order chi connectivity index (χ1) is 36.3. The van der Waals surface area contributed by atoms with Crippen LogP contribution in [0.1, 0.15) is 113 Å². The van der Waals surface area contributed by atoms with Gasteiger partial charge in [0.05, 0.1) is 11.6 Å². The Morgan fingerprint density at radius 2 is 1.25 bits per heavy atom. The smallest absolute Gasteiger partial charge is 0.162 e. The molecule has 0 spiro atoms. The van der Waals surface area contributed by atoms with Gasteiger partial charge in [-0.25, -0.2) is 0 Å². The molecule has 9 aromatic rings. The zero-order valence-corrected chi connectivity index (χ0v) is 50.6. The Labute approximate surface area is 476 Å². The Bertz CT molecular complexity index is 3440. The fourth-order valence-corrected chi connectivity index (χ4v) is 11.7. The SMILES string of the molecule is CCC(CC)C(=O)/C=C(\O)C(CC)CC.Cc1[c-]c(-c2cc(-c3ccc(-c4ccc(CC(C)(C)C)cc4)cc3)ccn2)cc(C)c1.Cc1cc(C)c(-c2sc3c(-c4[c-]c5ccccc5cc4F)nccc3c2C)c(C)c1.[Ir]. The summed E-state index contributed by atoms with van der Waals surface area (Å²) in [4.78, 5) is 22.1. The van der Waals surface area contributed by atoms with Crippen LogP contribution in [-0.4, -0.2) is 20.9 Å².